The van der Waals surface area contributed by atoms with Gasteiger partial charge >= 0.3 is 0 Å². The molecule has 0 aromatic heterocycles. The van der Waals surface area contributed by atoms with Gasteiger partial charge in [-0.2, -0.15) is 5.10 Å². The van der Waals surface area contributed by atoms with Gasteiger partial charge in [0.1, 0.15) is 17.2 Å². The van der Waals surface area contributed by atoms with Crippen molar-refractivity contribution in [3.63, 3.8) is 0 Å². The second kappa shape index (κ2) is 9.48. The van der Waals surface area contributed by atoms with E-state index in [0.717, 1.165) is 17.7 Å². The molecule has 2 heterocycles. The number of amides is 1. The Kier molecular flexibility index (Phi) is 6.69. The van der Waals surface area contributed by atoms with Gasteiger partial charge in [-0.25, -0.2) is 5.01 Å². The van der Waals surface area contributed by atoms with Crippen molar-refractivity contribution in [2.45, 2.75) is 25.8 Å². The largest absolute Gasteiger partial charge is 0.497 e. The molecule has 2 aliphatic rings. The standard InChI is InChI=1S/C23H24Cl2N4O3/c1-14-21(23(31)27-28-11-3-4-17(30)13-28)26-29(20-10-7-16(24)12-19(20)25)22(14)15-5-8-18(32-2)9-6-15/h5-10,12,14,22H,3-4,11,13H2,1-2H3,(H,27,31)/t14-,22+/m0/s1. The molecule has 2 aliphatic heterocycles. The van der Waals surface area contributed by atoms with E-state index < -0.39 is 0 Å². The Morgan fingerprint density at radius 2 is 1.94 bits per heavy atom. The average molecular weight is 475 g/mol. The van der Waals surface area contributed by atoms with E-state index in [9.17, 15) is 9.59 Å². The van der Waals surface area contributed by atoms with Crippen molar-refractivity contribution in [2.75, 3.05) is 25.2 Å². The highest BCUT2D eigenvalue weighted by molar-refractivity contribution is 6.41. The van der Waals surface area contributed by atoms with Crippen molar-refractivity contribution < 1.29 is 14.3 Å². The van der Waals surface area contributed by atoms with Gasteiger partial charge in [-0.3, -0.25) is 20.0 Å². The highest BCUT2D eigenvalue weighted by Gasteiger charge is 2.40. The number of nitrogens with one attached hydrogen (secondary N) is 1. The zero-order valence-electron chi connectivity index (χ0n) is 17.8. The molecule has 0 bridgehead atoms. The van der Waals surface area contributed by atoms with Gasteiger partial charge in [0.25, 0.3) is 5.91 Å². The van der Waals surface area contributed by atoms with Crippen molar-refractivity contribution in [3.05, 3.63) is 58.1 Å². The summed E-state index contributed by atoms with van der Waals surface area (Å²) >= 11 is 12.6. The van der Waals surface area contributed by atoms with E-state index in [2.05, 4.69) is 10.5 Å². The van der Waals surface area contributed by atoms with Crippen LogP contribution in [0.15, 0.2) is 47.6 Å². The van der Waals surface area contributed by atoms with E-state index in [1.54, 1.807) is 35.3 Å². The van der Waals surface area contributed by atoms with Crippen LogP contribution in [0.1, 0.15) is 31.4 Å². The summed E-state index contributed by atoms with van der Waals surface area (Å²) in [5.41, 5.74) is 4.83. The summed E-state index contributed by atoms with van der Waals surface area (Å²) in [5, 5.41) is 9.06. The Labute approximate surface area is 196 Å². The molecule has 2 aromatic rings. The van der Waals surface area contributed by atoms with E-state index in [-0.39, 0.29) is 30.2 Å². The lowest BCUT2D eigenvalue weighted by atomic mass is 9.91. The number of carbonyl (C=O) groups is 2. The molecule has 2 aromatic carbocycles. The number of Topliss-reactive ketones (excluding diaryl/α,β-unsaturated/α-hetero) is 1. The maximum atomic E-state index is 13.1. The lowest BCUT2D eigenvalue weighted by molar-refractivity contribution is -0.126. The van der Waals surface area contributed by atoms with E-state index in [0.29, 0.717) is 34.4 Å². The molecule has 0 saturated carbocycles. The van der Waals surface area contributed by atoms with Crippen LogP contribution in [0.2, 0.25) is 10.0 Å². The number of carbonyl (C=O) groups excluding carboxylic acids is 2. The fourth-order valence-electron chi connectivity index (χ4n) is 4.12. The normalized spacial score (nSPS) is 21.4. The number of methoxy groups -OCH3 is 1. The first kappa shape index (κ1) is 22.6. The summed E-state index contributed by atoms with van der Waals surface area (Å²) in [6.07, 6.45) is 1.27. The van der Waals surface area contributed by atoms with Crippen LogP contribution in [0.5, 0.6) is 5.75 Å². The predicted molar refractivity (Wildman–Crippen MR) is 125 cm³/mol. The van der Waals surface area contributed by atoms with E-state index >= 15 is 0 Å². The van der Waals surface area contributed by atoms with Crippen LogP contribution < -0.4 is 15.2 Å². The molecule has 1 fully saturated rings. The maximum Gasteiger partial charge on any atom is 0.282 e. The minimum absolute atomic E-state index is 0.114. The van der Waals surface area contributed by atoms with Gasteiger partial charge in [-0.05, 0) is 42.3 Å². The molecule has 1 saturated heterocycles. The van der Waals surface area contributed by atoms with Gasteiger partial charge in [0.15, 0.2) is 0 Å². The highest BCUT2D eigenvalue weighted by Crippen LogP contribution is 2.42. The summed E-state index contributed by atoms with van der Waals surface area (Å²) in [5.74, 6) is 0.293. The molecule has 0 unspecified atom stereocenters. The third-order valence-electron chi connectivity index (χ3n) is 5.74. The molecule has 9 heteroatoms. The number of nitrogens with zero attached hydrogens (tertiary/aromatic N) is 3. The topological polar surface area (TPSA) is 74.2 Å². The van der Waals surface area contributed by atoms with Crippen molar-refractivity contribution in [1.29, 1.82) is 0 Å². The number of piperidine rings is 1. The fourth-order valence-corrected chi connectivity index (χ4v) is 4.61. The predicted octanol–water partition coefficient (Wildman–Crippen LogP) is 4.25. The number of rotatable bonds is 5. The van der Waals surface area contributed by atoms with Crippen LogP contribution in [-0.2, 0) is 9.59 Å². The molecule has 1 amide bonds. The van der Waals surface area contributed by atoms with Gasteiger partial charge in [0.2, 0.25) is 0 Å². The molecule has 0 spiro atoms. The summed E-state index contributed by atoms with van der Waals surface area (Å²) in [7, 11) is 1.61. The summed E-state index contributed by atoms with van der Waals surface area (Å²) < 4.78 is 5.28. The van der Waals surface area contributed by atoms with Crippen molar-refractivity contribution in [3.8, 4) is 5.75 Å². The lowest BCUT2D eigenvalue weighted by Gasteiger charge is -2.28. The molecular formula is C23H24Cl2N4O3. The number of hydrogen-bond donors (Lipinski definition) is 1. The number of hydrazone groups is 1. The number of hydrazine groups is 1. The van der Waals surface area contributed by atoms with E-state index in [1.807, 2.05) is 31.2 Å². The molecular weight excluding hydrogens is 451 g/mol. The molecule has 0 aliphatic carbocycles. The zero-order chi connectivity index (χ0) is 22.8. The number of hydrogen-bond acceptors (Lipinski definition) is 6. The Balaban J connectivity index is 1.67. The Hall–Kier alpha value is -2.61. The van der Waals surface area contributed by atoms with Crippen molar-refractivity contribution in [2.24, 2.45) is 11.0 Å². The van der Waals surface area contributed by atoms with Gasteiger partial charge in [-0.1, -0.05) is 42.3 Å². The first-order chi connectivity index (χ1) is 15.4. The molecule has 1 N–H and O–H groups in total. The number of ketones is 1. The maximum absolute atomic E-state index is 13.1. The van der Waals surface area contributed by atoms with Crippen molar-refractivity contribution >= 4 is 46.3 Å². The summed E-state index contributed by atoms with van der Waals surface area (Å²) in [4.78, 5) is 24.9. The van der Waals surface area contributed by atoms with Crippen LogP contribution in [0.3, 0.4) is 0 Å². The number of ether oxygens (including phenoxy) is 1. The van der Waals surface area contributed by atoms with Crippen molar-refractivity contribution in [1.82, 2.24) is 10.4 Å². The van der Waals surface area contributed by atoms with Crippen LogP contribution in [0, 0.1) is 5.92 Å². The third kappa shape index (κ3) is 4.60. The Bertz CT molecular complexity index is 1060. The molecule has 168 valence electrons. The van der Waals surface area contributed by atoms with E-state index in [4.69, 9.17) is 27.9 Å². The minimum atomic E-state index is -0.321. The van der Waals surface area contributed by atoms with Crippen LogP contribution >= 0.6 is 23.2 Å². The third-order valence-corrected chi connectivity index (χ3v) is 6.28. The second-order valence-electron chi connectivity index (χ2n) is 7.94. The highest BCUT2D eigenvalue weighted by atomic mass is 35.5. The molecule has 32 heavy (non-hydrogen) atoms. The Morgan fingerprint density at radius 3 is 2.59 bits per heavy atom. The Morgan fingerprint density at radius 1 is 1.19 bits per heavy atom. The fraction of sp³-hybridized carbons (Fsp3) is 0.348. The zero-order valence-corrected chi connectivity index (χ0v) is 19.4. The van der Waals surface area contributed by atoms with Gasteiger partial charge in [-0.15, -0.1) is 0 Å². The minimum Gasteiger partial charge on any atom is -0.497 e. The lowest BCUT2D eigenvalue weighted by Crippen LogP contribution is -2.50. The van der Waals surface area contributed by atoms with Crippen LogP contribution in [0.25, 0.3) is 0 Å². The first-order valence-corrected chi connectivity index (χ1v) is 11.2. The van der Waals surface area contributed by atoms with Gasteiger partial charge < -0.3 is 4.74 Å². The van der Waals surface area contributed by atoms with Crippen LogP contribution in [0.4, 0.5) is 5.69 Å². The van der Waals surface area contributed by atoms with Crippen LogP contribution in [-0.4, -0.2) is 42.6 Å². The molecule has 4 rings (SSSR count). The number of anilines is 1. The van der Waals surface area contributed by atoms with Gasteiger partial charge in [0.05, 0.1) is 30.4 Å². The smallest absolute Gasteiger partial charge is 0.282 e. The average Bonchev–Trinajstić information content (AvgIpc) is 3.10. The number of benzene rings is 2. The van der Waals surface area contributed by atoms with Gasteiger partial charge in [0, 0.05) is 23.9 Å². The molecule has 7 nitrogen and oxygen atoms in total. The number of halogens is 2. The summed E-state index contributed by atoms with van der Waals surface area (Å²) in [6.45, 7) is 2.80. The quantitative estimate of drug-likeness (QED) is 0.700. The molecule has 2 atom stereocenters. The molecule has 0 radical (unpaired) electrons. The van der Waals surface area contributed by atoms with E-state index in [1.165, 1.54) is 0 Å². The monoisotopic (exact) mass is 474 g/mol. The second-order valence-corrected chi connectivity index (χ2v) is 8.78. The summed E-state index contributed by atoms with van der Waals surface area (Å²) in [6, 6.07) is 12.6. The first-order valence-electron chi connectivity index (χ1n) is 10.4. The SMILES string of the molecule is COc1ccc([C@H]2[C@@H](C)C(C(=O)NN3CCCC(=O)C3)=NN2c2ccc(Cl)cc2Cl)cc1.